The van der Waals surface area contributed by atoms with Crippen molar-refractivity contribution in [3.05, 3.63) is 83.2 Å². The van der Waals surface area contributed by atoms with Gasteiger partial charge in [-0.1, -0.05) is 30.3 Å². The normalized spacial score (nSPS) is 12.0. The zero-order chi connectivity index (χ0) is 20.1. The first kappa shape index (κ1) is 18.0. The molecule has 4 aromatic rings. The van der Waals surface area contributed by atoms with E-state index in [4.69, 9.17) is 5.73 Å². The van der Waals surface area contributed by atoms with E-state index >= 15 is 0 Å². The number of primary amides is 1. The van der Waals surface area contributed by atoms with Crippen LogP contribution in [0.15, 0.2) is 60.7 Å². The van der Waals surface area contributed by atoms with Crippen LogP contribution < -0.4 is 5.73 Å². The fourth-order valence-electron chi connectivity index (χ4n) is 3.50. The van der Waals surface area contributed by atoms with Gasteiger partial charge < -0.3 is 10.3 Å². The molecule has 2 N–H and O–H groups in total. The SMILES string of the molecule is NC(=O)c1cccc2c1c1ccccc1n2Cc1ccc(C(F)(F)F)cc1F. The van der Waals surface area contributed by atoms with Crippen molar-refractivity contribution in [2.45, 2.75) is 12.7 Å². The molecule has 28 heavy (non-hydrogen) atoms. The molecule has 3 nitrogen and oxygen atoms in total. The van der Waals surface area contributed by atoms with E-state index in [0.29, 0.717) is 22.5 Å². The van der Waals surface area contributed by atoms with Crippen molar-refractivity contribution in [2.24, 2.45) is 5.73 Å². The fraction of sp³-hybridized carbons (Fsp3) is 0.0952. The Morgan fingerprint density at radius 3 is 2.36 bits per heavy atom. The molecular weight excluding hydrogens is 372 g/mol. The molecule has 0 aliphatic rings. The number of aromatic nitrogens is 1. The van der Waals surface area contributed by atoms with E-state index in [1.807, 2.05) is 18.2 Å². The number of nitrogens with two attached hydrogens (primary N) is 1. The maximum Gasteiger partial charge on any atom is 0.416 e. The number of fused-ring (bicyclic) bond motifs is 3. The summed E-state index contributed by atoms with van der Waals surface area (Å²) in [5, 5.41) is 1.40. The summed E-state index contributed by atoms with van der Waals surface area (Å²) < 4.78 is 54.6. The molecule has 0 bridgehead atoms. The van der Waals surface area contributed by atoms with Gasteiger partial charge in [0.2, 0.25) is 5.91 Å². The summed E-state index contributed by atoms with van der Waals surface area (Å²) in [6.45, 7) is 0.0101. The summed E-state index contributed by atoms with van der Waals surface area (Å²) in [6.07, 6.45) is -4.61. The van der Waals surface area contributed by atoms with Gasteiger partial charge in [-0.2, -0.15) is 13.2 Å². The van der Waals surface area contributed by atoms with Crippen LogP contribution in [-0.2, 0) is 12.7 Å². The average Bonchev–Trinajstić information content (AvgIpc) is 2.96. The van der Waals surface area contributed by atoms with E-state index in [-0.39, 0.29) is 12.1 Å². The van der Waals surface area contributed by atoms with Crippen LogP contribution in [-0.4, -0.2) is 10.5 Å². The van der Waals surface area contributed by atoms with Crippen molar-refractivity contribution in [1.82, 2.24) is 4.57 Å². The van der Waals surface area contributed by atoms with Crippen molar-refractivity contribution in [3.63, 3.8) is 0 Å². The summed E-state index contributed by atoms with van der Waals surface area (Å²) in [5.74, 6) is -1.53. The lowest BCUT2D eigenvalue weighted by molar-refractivity contribution is -0.137. The van der Waals surface area contributed by atoms with Gasteiger partial charge in [0.15, 0.2) is 0 Å². The third-order valence-corrected chi connectivity index (χ3v) is 4.77. The number of alkyl halides is 3. The summed E-state index contributed by atoms with van der Waals surface area (Å²) in [5.41, 5.74) is 6.29. The number of nitrogens with zero attached hydrogens (tertiary/aromatic N) is 1. The molecule has 0 saturated carbocycles. The number of carbonyl (C=O) groups excluding carboxylic acids is 1. The van der Waals surface area contributed by atoms with Crippen LogP contribution in [0.1, 0.15) is 21.5 Å². The summed E-state index contributed by atoms with van der Waals surface area (Å²) >= 11 is 0. The largest absolute Gasteiger partial charge is 0.416 e. The second-order valence-electron chi connectivity index (χ2n) is 6.47. The molecule has 3 aromatic carbocycles. The summed E-state index contributed by atoms with van der Waals surface area (Å²) in [6, 6.07) is 14.8. The van der Waals surface area contributed by atoms with Gasteiger partial charge in [0.1, 0.15) is 5.82 Å². The van der Waals surface area contributed by atoms with Crippen molar-refractivity contribution in [3.8, 4) is 0 Å². The van der Waals surface area contributed by atoms with Crippen LogP contribution in [0, 0.1) is 5.82 Å². The van der Waals surface area contributed by atoms with E-state index in [1.165, 1.54) is 0 Å². The Bertz CT molecular complexity index is 1220. The minimum atomic E-state index is -4.61. The topological polar surface area (TPSA) is 48.0 Å². The highest BCUT2D eigenvalue weighted by Crippen LogP contribution is 2.34. The Morgan fingerprint density at radius 1 is 0.964 bits per heavy atom. The lowest BCUT2D eigenvalue weighted by atomic mass is 10.1. The lowest BCUT2D eigenvalue weighted by Crippen LogP contribution is -2.11. The van der Waals surface area contributed by atoms with E-state index in [2.05, 4.69) is 0 Å². The molecule has 0 radical (unpaired) electrons. The molecule has 4 rings (SSSR count). The third kappa shape index (κ3) is 2.89. The predicted molar refractivity (Wildman–Crippen MR) is 98.5 cm³/mol. The van der Waals surface area contributed by atoms with Crippen LogP contribution in [0.2, 0.25) is 0 Å². The van der Waals surface area contributed by atoms with Crippen LogP contribution in [0.4, 0.5) is 17.6 Å². The molecule has 1 amide bonds. The van der Waals surface area contributed by atoms with Gasteiger partial charge in [0.05, 0.1) is 17.6 Å². The fourth-order valence-corrected chi connectivity index (χ4v) is 3.50. The molecule has 0 atom stereocenters. The average molecular weight is 386 g/mol. The van der Waals surface area contributed by atoms with Gasteiger partial charge in [0.25, 0.3) is 0 Å². The van der Waals surface area contributed by atoms with E-state index in [1.54, 1.807) is 28.8 Å². The van der Waals surface area contributed by atoms with Gasteiger partial charge in [0, 0.05) is 27.4 Å². The maximum absolute atomic E-state index is 14.4. The van der Waals surface area contributed by atoms with Gasteiger partial charge >= 0.3 is 6.18 Å². The molecule has 0 saturated heterocycles. The molecule has 0 unspecified atom stereocenters. The smallest absolute Gasteiger partial charge is 0.366 e. The maximum atomic E-state index is 14.4. The minimum Gasteiger partial charge on any atom is -0.366 e. The van der Waals surface area contributed by atoms with E-state index < -0.39 is 23.5 Å². The molecular formula is C21H14F4N2O. The minimum absolute atomic E-state index is 0.0101. The predicted octanol–water partition coefficient (Wildman–Crippen LogP) is 5.10. The Kier molecular flexibility index (Phi) is 4.10. The van der Waals surface area contributed by atoms with Crippen molar-refractivity contribution >= 4 is 27.7 Å². The number of amides is 1. The summed E-state index contributed by atoms with van der Waals surface area (Å²) in [4.78, 5) is 11.9. The quantitative estimate of drug-likeness (QED) is 0.490. The zero-order valence-corrected chi connectivity index (χ0v) is 14.4. The Labute approximate surface area is 157 Å². The highest BCUT2D eigenvalue weighted by Gasteiger charge is 2.31. The van der Waals surface area contributed by atoms with Gasteiger partial charge in [-0.05, 0) is 30.3 Å². The molecule has 1 heterocycles. The number of hydrogen-bond acceptors (Lipinski definition) is 1. The molecule has 0 aliphatic heterocycles. The zero-order valence-electron chi connectivity index (χ0n) is 14.4. The number of para-hydroxylation sites is 1. The van der Waals surface area contributed by atoms with Crippen LogP contribution in [0.25, 0.3) is 21.8 Å². The van der Waals surface area contributed by atoms with E-state index in [9.17, 15) is 22.4 Å². The van der Waals surface area contributed by atoms with Crippen molar-refractivity contribution < 1.29 is 22.4 Å². The number of halogens is 4. The van der Waals surface area contributed by atoms with Gasteiger partial charge in [-0.25, -0.2) is 4.39 Å². The van der Waals surface area contributed by atoms with Gasteiger partial charge in [-0.3, -0.25) is 4.79 Å². The molecule has 7 heteroatoms. The number of hydrogen-bond donors (Lipinski definition) is 1. The first-order valence-electron chi connectivity index (χ1n) is 8.43. The molecule has 0 fully saturated rings. The second-order valence-corrected chi connectivity index (χ2v) is 6.47. The monoisotopic (exact) mass is 386 g/mol. The molecule has 0 spiro atoms. The van der Waals surface area contributed by atoms with Crippen LogP contribution in [0.3, 0.4) is 0 Å². The third-order valence-electron chi connectivity index (χ3n) is 4.77. The highest BCUT2D eigenvalue weighted by atomic mass is 19.4. The van der Waals surface area contributed by atoms with Crippen molar-refractivity contribution in [1.29, 1.82) is 0 Å². The molecule has 142 valence electrons. The van der Waals surface area contributed by atoms with E-state index in [0.717, 1.165) is 23.0 Å². The highest BCUT2D eigenvalue weighted by molar-refractivity contribution is 6.17. The first-order chi connectivity index (χ1) is 13.3. The molecule has 1 aromatic heterocycles. The standard InChI is InChI=1S/C21H14F4N2O/c22-16-10-13(21(23,24)25)9-8-12(16)11-27-17-6-2-1-4-14(17)19-15(20(26)28)5-3-7-18(19)27/h1-10H,11H2,(H2,26,28). The number of benzene rings is 3. The Balaban J connectivity index is 1.92. The Hall–Kier alpha value is -3.35. The lowest BCUT2D eigenvalue weighted by Gasteiger charge is -2.12. The van der Waals surface area contributed by atoms with Crippen LogP contribution in [0.5, 0.6) is 0 Å². The number of rotatable bonds is 3. The summed E-state index contributed by atoms with van der Waals surface area (Å²) in [7, 11) is 0. The first-order valence-corrected chi connectivity index (χ1v) is 8.43. The molecule has 0 aliphatic carbocycles. The second kappa shape index (κ2) is 6.37. The Morgan fingerprint density at radius 2 is 1.68 bits per heavy atom. The number of carbonyl (C=O) groups is 1. The van der Waals surface area contributed by atoms with Crippen LogP contribution >= 0.6 is 0 Å². The van der Waals surface area contributed by atoms with Gasteiger partial charge in [-0.15, -0.1) is 0 Å². The van der Waals surface area contributed by atoms with Crippen molar-refractivity contribution in [2.75, 3.05) is 0 Å².